The predicted molar refractivity (Wildman–Crippen MR) is 99.6 cm³/mol. The highest BCUT2D eigenvalue weighted by Crippen LogP contribution is 2.31. The fourth-order valence-electron chi connectivity index (χ4n) is 3.61. The third-order valence-electron chi connectivity index (χ3n) is 4.92. The van der Waals surface area contributed by atoms with Gasteiger partial charge in [0.05, 0.1) is 12.6 Å². The highest BCUT2D eigenvalue weighted by Gasteiger charge is 2.31. The van der Waals surface area contributed by atoms with Crippen molar-refractivity contribution in [2.24, 2.45) is 0 Å². The van der Waals surface area contributed by atoms with Crippen molar-refractivity contribution in [3.8, 4) is 0 Å². The van der Waals surface area contributed by atoms with E-state index >= 15 is 0 Å². The first-order valence-electron chi connectivity index (χ1n) is 9.10. The van der Waals surface area contributed by atoms with Crippen LogP contribution < -0.4 is 0 Å². The van der Waals surface area contributed by atoms with Gasteiger partial charge in [-0.1, -0.05) is 48.5 Å². The van der Waals surface area contributed by atoms with Crippen molar-refractivity contribution in [1.82, 2.24) is 19.7 Å². The van der Waals surface area contributed by atoms with E-state index in [0.29, 0.717) is 6.54 Å². The lowest BCUT2D eigenvalue weighted by molar-refractivity contribution is 0.0595. The molecule has 0 aliphatic carbocycles. The number of aromatic nitrogens is 3. The number of piperidine rings is 1. The lowest BCUT2D eigenvalue weighted by Crippen LogP contribution is -2.39. The van der Waals surface area contributed by atoms with Crippen molar-refractivity contribution in [3.63, 3.8) is 0 Å². The Hall–Kier alpha value is -2.95. The van der Waals surface area contributed by atoms with E-state index < -0.39 is 0 Å². The summed E-state index contributed by atoms with van der Waals surface area (Å²) in [6.45, 7) is 1.48. The van der Waals surface area contributed by atoms with E-state index in [1.54, 1.807) is 6.33 Å². The maximum absolute atomic E-state index is 13.0. The molecule has 132 valence electrons. The zero-order valence-corrected chi connectivity index (χ0v) is 14.7. The Morgan fingerprint density at radius 1 is 1.00 bits per heavy atom. The number of carbonyl (C=O) groups excluding carboxylic acids is 1. The van der Waals surface area contributed by atoms with Gasteiger partial charge >= 0.3 is 0 Å². The van der Waals surface area contributed by atoms with Gasteiger partial charge in [-0.25, -0.2) is 0 Å². The number of amides is 1. The summed E-state index contributed by atoms with van der Waals surface area (Å²) in [5.74, 6) is 0.947. The van der Waals surface area contributed by atoms with Gasteiger partial charge in [-0.2, -0.15) is 0 Å². The van der Waals surface area contributed by atoms with Gasteiger partial charge in [0.25, 0.3) is 5.91 Å². The van der Waals surface area contributed by atoms with Crippen LogP contribution in [-0.2, 0) is 6.54 Å². The van der Waals surface area contributed by atoms with Gasteiger partial charge in [0.15, 0.2) is 5.82 Å². The average molecular weight is 346 g/mol. The molecule has 2 aromatic carbocycles. The minimum Gasteiger partial charge on any atom is -0.328 e. The average Bonchev–Trinajstić information content (AvgIpc) is 3.17. The lowest BCUT2D eigenvalue weighted by Gasteiger charge is -2.35. The largest absolute Gasteiger partial charge is 0.328 e. The van der Waals surface area contributed by atoms with Crippen LogP contribution in [0.4, 0.5) is 0 Å². The second kappa shape index (κ2) is 7.52. The Morgan fingerprint density at radius 2 is 1.73 bits per heavy atom. The second-order valence-corrected chi connectivity index (χ2v) is 6.68. The number of hydrogen-bond donors (Lipinski definition) is 0. The quantitative estimate of drug-likeness (QED) is 0.724. The molecule has 5 nitrogen and oxygen atoms in total. The Bertz CT molecular complexity index is 860. The second-order valence-electron chi connectivity index (χ2n) is 6.68. The van der Waals surface area contributed by atoms with Gasteiger partial charge < -0.3 is 9.47 Å². The summed E-state index contributed by atoms with van der Waals surface area (Å²) < 4.78 is 2.07. The van der Waals surface area contributed by atoms with Gasteiger partial charge in [-0.3, -0.25) is 4.79 Å². The Kier molecular flexibility index (Phi) is 4.78. The van der Waals surface area contributed by atoms with Crippen LogP contribution in [0.25, 0.3) is 0 Å². The number of carbonyl (C=O) groups is 1. The minimum atomic E-state index is -0.0253. The topological polar surface area (TPSA) is 51.0 Å². The molecule has 0 saturated carbocycles. The molecule has 1 amide bonds. The van der Waals surface area contributed by atoms with E-state index in [0.717, 1.165) is 37.2 Å². The molecule has 0 bridgehead atoms. The SMILES string of the molecule is O=C(c1ccccc1)N1CCCC[C@H]1c1nncn1Cc1ccccc1. The standard InChI is InChI=1S/C21H22N4O/c26-21(18-11-5-2-6-12-18)25-14-8-7-13-19(25)20-23-22-16-24(20)15-17-9-3-1-4-10-17/h1-6,9-12,16,19H,7-8,13-15H2/t19-/m0/s1. The molecule has 3 aromatic rings. The maximum atomic E-state index is 13.0. The van der Waals surface area contributed by atoms with Crippen LogP contribution in [0.2, 0.25) is 0 Å². The molecule has 1 aliphatic heterocycles. The summed E-state index contributed by atoms with van der Waals surface area (Å²) in [6, 6.07) is 19.7. The summed E-state index contributed by atoms with van der Waals surface area (Å²) in [6.07, 6.45) is 4.82. The molecule has 4 rings (SSSR count). The van der Waals surface area contributed by atoms with Crippen molar-refractivity contribution in [1.29, 1.82) is 0 Å². The number of nitrogens with zero attached hydrogens (tertiary/aromatic N) is 4. The first kappa shape index (κ1) is 16.5. The summed E-state index contributed by atoms with van der Waals surface area (Å²) in [7, 11) is 0. The summed E-state index contributed by atoms with van der Waals surface area (Å²) >= 11 is 0. The highest BCUT2D eigenvalue weighted by atomic mass is 16.2. The van der Waals surface area contributed by atoms with Crippen LogP contribution in [-0.4, -0.2) is 32.1 Å². The van der Waals surface area contributed by atoms with Gasteiger partial charge in [0, 0.05) is 12.1 Å². The normalized spacial score (nSPS) is 17.2. The molecule has 2 heterocycles. The van der Waals surface area contributed by atoms with Crippen LogP contribution in [0.5, 0.6) is 0 Å². The zero-order valence-electron chi connectivity index (χ0n) is 14.7. The Balaban J connectivity index is 1.61. The molecular weight excluding hydrogens is 324 g/mol. The third kappa shape index (κ3) is 3.38. The first-order chi connectivity index (χ1) is 12.8. The van der Waals surface area contributed by atoms with E-state index in [2.05, 4.69) is 26.9 Å². The Labute approximate surface area is 153 Å². The van der Waals surface area contributed by atoms with E-state index in [4.69, 9.17) is 0 Å². The minimum absolute atomic E-state index is 0.0253. The molecule has 26 heavy (non-hydrogen) atoms. The molecule has 1 atom stereocenters. The van der Waals surface area contributed by atoms with Crippen molar-refractivity contribution >= 4 is 5.91 Å². The van der Waals surface area contributed by atoms with E-state index in [1.807, 2.05) is 53.4 Å². The highest BCUT2D eigenvalue weighted by molar-refractivity contribution is 5.94. The van der Waals surface area contributed by atoms with Crippen molar-refractivity contribution < 1.29 is 4.79 Å². The van der Waals surface area contributed by atoms with Crippen molar-refractivity contribution in [2.45, 2.75) is 31.8 Å². The lowest BCUT2D eigenvalue weighted by atomic mass is 10.00. The van der Waals surface area contributed by atoms with Gasteiger partial charge in [0.1, 0.15) is 6.33 Å². The maximum Gasteiger partial charge on any atom is 0.254 e. The van der Waals surface area contributed by atoms with Crippen LogP contribution in [0.1, 0.15) is 47.1 Å². The monoisotopic (exact) mass is 346 g/mol. The molecule has 0 spiro atoms. The van der Waals surface area contributed by atoms with Gasteiger partial charge in [-0.15, -0.1) is 10.2 Å². The van der Waals surface area contributed by atoms with Crippen LogP contribution >= 0.6 is 0 Å². The molecule has 0 radical (unpaired) electrons. The van der Waals surface area contributed by atoms with Crippen molar-refractivity contribution in [3.05, 3.63) is 83.9 Å². The fraction of sp³-hybridized carbons (Fsp3) is 0.286. The fourth-order valence-corrected chi connectivity index (χ4v) is 3.61. The van der Waals surface area contributed by atoms with E-state index in [1.165, 1.54) is 5.56 Å². The summed E-state index contributed by atoms with van der Waals surface area (Å²) in [4.78, 5) is 15.0. The smallest absolute Gasteiger partial charge is 0.254 e. The molecular formula is C21H22N4O. The van der Waals surface area contributed by atoms with Crippen LogP contribution in [0, 0.1) is 0 Å². The third-order valence-corrected chi connectivity index (χ3v) is 4.92. The molecule has 0 unspecified atom stereocenters. The number of hydrogen-bond acceptors (Lipinski definition) is 3. The summed E-state index contributed by atoms with van der Waals surface area (Å²) in [5.41, 5.74) is 1.93. The molecule has 1 saturated heterocycles. The van der Waals surface area contributed by atoms with Gasteiger partial charge in [0.2, 0.25) is 0 Å². The molecule has 0 N–H and O–H groups in total. The van der Waals surface area contributed by atoms with Crippen LogP contribution in [0.15, 0.2) is 67.0 Å². The predicted octanol–water partition coefficient (Wildman–Crippen LogP) is 3.69. The Morgan fingerprint density at radius 3 is 2.50 bits per heavy atom. The number of likely N-dealkylation sites (tertiary alicyclic amines) is 1. The summed E-state index contributed by atoms with van der Waals surface area (Å²) in [5, 5.41) is 8.52. The van der Waals surface area contributed by atoms with E-state index in [9.17, 15) is 4.79 Å². The number of benzene rings is 2. The molecule has 1 aliphatic rings. The van der Waals surface area contributed by atoms with Crippen molar-refractivity contribution in [2.75, 3.05) is 6.54 Å². The van der Waals surface area contributed by atoms with E-state index in [-0.39, 0.29) is 11.9 Å². The molecule has 1 fully saturated rings. The first-order valence-corrected chi connectivity index (χ1v) is 9.10. The number of rotatable bonds is 4. The van der Waals surface area contributed by atoms with Gasteiger partial charge in [-0.05, 0) is 37.0 Å². The molecule has 1 aromatic heterocycles. The zero-order chi connectivity index (χ0) is 17.8. The van der Waals surface area contributed by atoms with Crippen LogP contribution in [0.3, 0.4) is 0 Å². The molecule has 5 heteroatoms.